The second kappa shape index (κ2) is 5.68. The average molecular weight is 338 g/mol. The normalized spacial score (nSPS) is 15.5. The van der Waals surface area contributed by atoms with Gasteiger partial charge in [-0.1, -0.05) is 0 Å². The Kier molecular flexibility index (Phi) is 3.59. The first-order valence-electron chi connectivity index (χ1n) is 8.55. The molecule has 25 heavy (non-hydrogen) atoms. The summed E-state index contributed by atoms with van der Waals surface area (Å²) in [5, 5.41) is 7.38. The van der Waals surface area contributed by atoms with Crippen LogP contribution in [0.2, 0.25) is 0 Å². The fourth-order valence-electron chi connectivity index (χ4n) is 3.29. The van der Waals surface area contributed by atoms with Crippen LogP contribution < -0.4 is 5.32 Å². The maximum atomic E-state index is 12.7. The van der Waals surface area contributed by atoms with Crippen molar-refractivity contribution in [1.29, 1.82) is 0 Å². The Bertz CT molecular complexity index is 950. The summed E-state index contributed by atoms with van der Waals surface area (Å²) in [4.78, 5) is 21.4. The van der Waals surface area contributed by atoms with Gasteiger partial charge in [-0.05, 0) is 39.7 Å². The van der Waals surface area contributed by atoms with Gasteiger partial charge in [0, 0.05) is 42.3 Å². The van der Waals surface area contributed by atoms with Gasteiger partial charge >= 0.3 is 0 Å². The van der Waals surface area contributed by atoms with Gasteiger partial charge < -0.3 is 9.88 Å². The van der Waals surface area contributed by atoms with Crippen molar-refractivity contribution in [3.63, 3.8) is 0 Å². The van der Waals surface area contributed by atoms with Crippen molar-refractivity contribution in [2.75, 3.05) is 6.54 Å². The molecule has 1 aliphatic rings. The zero-order valence-electron chi connectivity index (χ0n) is 14.8. The molecule has 130 valence electrons. The van der Waals surface area contributed by atoms with Gasteiger partial charge in [0.2, 0.25) is 0 Å². The third-order valence-corrected chi connectivity index (χ3v) is 5.03. The van der Waals surface area contributed by atoms with E-state index >= 15 is 0 Å². The molecular weight excluding hydrogens is 316 g/mol. The number of carbonyl (C=O) groups is 1. The summed E-state index contributed by atoms with van der Waals surface area (Å²) in [6.07, 6.45) is 7.66. The third kappa shape index (κ3) is 2.90. The van der Waals surface area contributed by atoms with Gasteiger partial charge in [-0.2, -0.15) is 5.10 Å². The summed E-state index contributed by atoms with van der Waals surface area (Å²) >= 11 is 0. The predicted octanol–water partition coefficient (Wildman–Crippen LogP) is 2.06. The van der Waals surface area contributed by atoms with Gasteiger partial charge in [-0.3, -0.25) is 4.79 Å². The zero-order valence-corrected chi connectivity index (χ0v) is 14.8. The highest BCUT2D eigenvalue weighted by Gasteiger charge is 2.43. The van der Waals surface area contributed by atoms with Gasteiger partial charge in [0.1, 0.15) is 11.4 Å². The Morgan fingerprint density at radius 2 is 2.12 bits per heavy atom. The van der Waals surface area contributed by atoms with Gasteiger partial charge in [0.05, 0.1) is 6.20 Å². The molecule has 0 unspecified atom stereocenters. The molecule has 4 rings (SSSR count). The van der Waals surface area contributed by atoms with E-state index in [9.17, 15) is 4.79 Å². The van der Waals surface area contributed by atoms with Crippen LogP contribution in [0.15, 0.2) is 24.7 Å². The Balaban J connectivity index is 1.49. The van der Waals surface area contributed by atoms with Crippen molar-refractivity contribution in [3.05, 3.63) is 47.4 Å². The first kappa shape index (κ1) is 15.8. The van der Waals surface area contributed by atoms with Crippen molar-refractivity contribution in [3.8, 4) is 0 Å². The van der Waals surface area contributed by atoms with Crippen LogP contribution in [0.5, 0.6) is 0 Å². The van der Waals surface area contributed by atoms with Crippen LogP contribution in [0.3, 0.4) is 0 Å². The number of imidazole rings is 1. The van der Waals surface area contributed by atoms with Crippen LogP contribution in [0, 0.1) is 26.2 Å². The monoisotopic (exact) mass is 338 g/mol. The molecule has 1 amide bonds. The molecule has 1 saturated carbocycles. The molecule has 1 fully saturated rings. The number of rotatable bonds is 5. The maximum Gasteiger partial charge on any atom is 0.256 e. The Morgan fingerprint density at radius 3 is 2.80 bits per heavy atom. The van der Waals surface area contributed by atoms with E-state index in [1.54, 1.807) is 10.7 Å². The molecule has 1 aliphatic carbocycles. The van der Waals surface area contributed by atoms with Crippen LogP contribution in [0.1, 0.15) is 40.4 Å². The van der Waals surface area contributed by atoms with Crippen molar-refractivity contribution in [1.82, 2.24) is 29.5 Å². The maximum absolute atomic E-state index is 12.7. The molecule has 0 atom stereocenters. The van der Waals surface area contributed by atoms with E-state index < -0.39 is 0 Å². The molecule has 3 aromatic rings. The quantitative estimate of drug-likeness (QED) is 0.772. The van der Waals surface area contributed by atoms with Gasteiger partial charge in [-0.25, -0.2) is 14.5 Å². The molecule has 0 radical (unpaired) electrons. The van der Waals surface area contributed by atoms with E-state index in [1.165, 1.54) is 0 Å². The third-order valence-electron chi connectivity index (χ3n) is 5.03. The Hall–Kier alpha value is -2.70. The first-order valence-corrected chi connectivity index (χ1v) is 8.55. The summed E-state index contributed by atoms with van der Waals surface area (Å²) < 4.78 is 3.87. The van der Waals surface area contributed by atoms with Crippen molar-refractivity contribution >= 4 is 11.6 Å². The van der Waals surface area contributed by atoms with Crippen molar-refractivity contribution in [2.24, 2.45) is 5.41 Å². The molecule has 0 saturated heterocycles. The number of aryl methyl sites for hydroxylation is 3. The summed E-state index contributed by atoms with van der Waals surface area (Å²) in [6.45, 7) is 7.44. The molecule has 0 bridgehead atoms. The smallest absolute Gasteiger partial charge is 0.256 e. The lowest BCUT2D eigenvalue weighted by molar-refractivity contribution is 0.0944. The van der Waals surface area contributed by atoms with E-state index in [4.69, 9.17) is 0 Å². The molecule has 3 aromatic heterocycles. The summed E-state index contributed by atoms with van der Waals surface area (Å²) in [5.41, 5.74) is 3.14. The van der Waals surface area contributed by atoms with Crippen molar-refractivity contribution < 1.29 is 4.79 Å². The van der Waals surface area contributed by atoms with E-state index in [1.807, 2.05) is 39.2 Å². The highest BCUT2D eigenvalue weighted by molar-refractivity contribution is 5.99. The molecule has 0 aromatic carbocycles. The van der Waals surface area contributed by atoms with Gasteiger partial charge in [0.25, 0.3) is 5.91 Å². The topological polar surface area (TPSA) is 77.1 Å². The largest absolute Gasteiger partial charge is 0.351 e. The lowest BCUT2D eigenvalue weighted by Gasteiger charge is -2.17. The first-order chi connectivity index (χ1) is 12.0. The lowest BCUT2D eigenvalue weighted by atomic mass is 10.1. The minimum absolute atomic E-state index is 0.110. The number of nitrogens with one attached hydrogen (secondary N) is 1. The standard InChI is InChI=1S/C18H22N6O/c1-12-8-13(2)24-16(22-12)15(9-21-24)17(25)20-10-18(4-5-18)11-23-7-6-19-14(23)3/h6-9H,4-5,10-11H2,1-3H3,(H,20,25). The second-order valence-corrected chi connectivity index (χ2v) is 7.12. The molecule has 3 heterocycles. The van der Waals surface area contributed by atoms with Crippen LogP contribution >= 0.6 is 0 Å². The second-order valence-electron chi connectivity index (χ2n) is 7.12. The minimum Gasteiger partial charge on any atom is -0.351 e. The predicted molar refractivity (Wildman–Crippen MR) is 93.4 cm³/mol. The molecular formula is C18H22N6O. The lowest BCUT2D eigenvalue weighted by Crippen LogP contribution is -2.32. The Labute approximate surface area is 146 Å². The van der Waals surface area contributed by atoms with Gasteiger partial charge in [-0.15, -0.1) is 0 Å². The highest BCUT2D eigenvalue weighted by atomic mass is 16.1. The zero-order chi connectivity index (χ0) is 17.6. The van der Waals surface area contributed by atoms with E-state index in [-0.39, 0.29) is 11.3 Å². The summed E-state index contributed by atoms with van der Waals surface area (Å²) in [7, 11) is 0. The molecule has 1 N–H and O–H groups in total. The fourth-order valence-corrected chi connectivity index (χ4v) is 3.29. The van der Waals surface area contributed by atoms with Crippen LogP contribution in [-0.4, -0.2) is 36.6 Å². The molecule has 0 spiro atoms. The number of nitrogens with zero attached hydrogens (tertiary/aromatic N) is 5. The number of hydrogen-bond donors (Lipinski definition) is 1. The summed E-state index contributed by atoms with van der Waals surface area (Å²) in [6, 6.07) is 1.95. The average Bonchev–Trinajstić information content (AvgIpc) is 3.00. The molecule has 7 nitrogen and oxygen atoms in total. The summed E-state index contributed by atoms with van der Waals surface area (Å²) in [5.74, 6) is 0.900. The molecule has 7 heteroatoms. The SMILES string of the molecule is Cc1cc(C)n2ncc(C(=O)NCC3(Cn4ccnc4C)CC3)c2n1. The van der Waals surface area contributed by atoms with Crippen LogP contribution in [0.25, 0.3) is 5.65 Å². The molecule has 0 aliphatic heterocycles. The van der Waals surface area contributed by atoms with Crippen LogP contribution in [0.4, 0.5) is 0 Å². The van der Waals surface area contributed by atoms with E-state index in [0.717, 1.165) is 36.6 Å². The van der Waals surface area contributed by atoms with Crippen molar-refractivity contribution in [2.45, 2.75) is 40.2 Å². The van der Waals surface area contributed by atoms with Gasteiger partial charge in [0.15, 0.2) is 5.65 Å². The van der Waals surface area contributed by atoms with Crippen LogP contribution in [-0.2, 0) is 6.54 Å². The Morgan fingerprint density at radius 1 is 1.32 bits per heavy atom. The number of hydrogen-bond acceptors (Lipinski definition) is 4. The highest BCUT2D eigenvalue weighted by Crippen LogP contribution is 2.46. The van der Waals surface area contributed by atoms with E-state index in [0.29, 0.717) is 17.8 Å². The fraction of sp³-hybridized carbons (Fsp3) is 0.444. The minimum atomic E-state index is -0.110. The number of amides is 1. The number of fused-ring (bicyclic) bond motifs is 1. The number of aromatic nitrogens is 5. The number of carbonyl (C=O) groups excluding carboxylic acids is 1. The van der Waals surface area contributed by atoms with E-state index in [2.05, 4.69) is 25.0 Å².